The molecule has 0 radical (unpaired) electrons. The van der Waals surface area contributed by atoms with Gasteiger partial charge in [-0.15, -0.1) is 11.3 Å². The Labute approximate surface area is 120 Å². The van der Waals surface area contributed by atoms with E-state index in [0.717, 1.165) is 17.4 Å². The monoisotopic (exact) mass is 310 g/mol. The van der Waals surface area contributed by atoms with E-state index in [0.29, 0.717) is 16.2 Å². The first-order valence-corrected chi connectivity index (χ1v) is 6.66. The third-order valence-electron chi connectivity index (χ3n) is 2.98. The number of rotatable bonds is 2. The minimum Gasteiger partial charge on any atom is -0.288 e. The lowest BCUT2D eigenvalue weighted by molar-refractivity contribution is 0.103. The molecule has 3 rings (SSSR count). The van der Waals surface area contributed by atoms with Crippen molar-refractivity contribution in [2.24, 2.45) is 0 Å². The van der Waals surface area contributed by atoms with E-state index < -0.39 is 34.6 Å². The van der Waals surface area contributed by atoms with Crippen LogP contribution in [0.25, 0.3) is 10.1 Å². The summed E-state index contributed by atoms with van der Waals surface area (Å²) < 4.78 is 53.4. The number of fused-ring (bicyclic) bond motifs is 1. The average molecular weight is 310 g/mol. The van der Waals surface area contributed by atoms with Crippen LogP contribution in [0.3, 0.4) is 0 Å². The molecule has 0 saturated carbocycles. The molecule has 1 nitrogen and oxygen atoms in total. The first kappa shape index (κ1) is 13.8. The van der Waals surface area contributed by atoms with Gasteiger partial charge in [0.15, 0.2) is 17.5 Å². The van der Waals surface area contributed by atoms with Gasteiger partial charge >= 0.3 is 0 Å². The molecule has 0 aliphatic rings. The maximum absolute atomic E-state index is 13.6. The van der Waals surface area contributed by atoms with E-state index in [4.69, 9.17) is 0 Å². The lowest BCUT2D eigenvalue weighted by atomic mass is 10.1. The summed E-state index contributed by atoms with van der Waals surface area (Å²) in [5.74, 6) is -5.80. The average Bonchev–Trinajstić information content (AvgIpc) is 2.87. The number of halogens is 4. The van der Waals surface area contributed by atoms with Crippen LogP contribution in [0.4, 0.5) is 17.6 Å². The molecule has 0 saturated heterocycles. The number of hydrogen-bond acceptors (Lipinski definition) is 2. The van der Waals surface area contributed by atoms with Gasteiger partial charge in [0.2, 0.25) is 5.78 Å². The van der Waals surface area contributed by atoms with E-state index in [-0.39, 0.29) is 4.88 Å². The minimum atomic E-state index is -1.69. The lowest BCUT2D eigenvalue weighted by Gasteiger charge is -2.02. The zero-order valence-corrected chi connectivity index (χ0v) is 11.1. The first-order chi connectivity index (χ1) is 9.97. The van der Waals surface area contributed by atoms with Gasteiger partial charge < -0.3 is 0 Å². The Morgan fingerprint density at radius 1 is 0.905 bits per heavy atom. The molecule has 0 amide bonds. The third kappa shape index (κ3) is 2.31. The van der Waals surface area contributed by atoms with Gasteiger partial charge in [0.25, 0.3) is 0 Å². The van der Waals surface area contributed by atoms with Gasteiger partial charge in [-0.2, -0.15) is 0 Å². The minimum absolute atomic E-state index is 0.125. The number of ketones is 1. The maximum Gasteiger partial charge on any atom is 0.206 e. The second kappa shape index (κ2) is 4.96. The van der Waals surface area contributed by atoms with Crippen molar-refractivity contribution >= 4 is 27.2 Å². The van der Waals surface area contributed by atoms with Crippen LogP contribution in [0.5, 0.6) is 0 Å². The zero-order chi connectivity index (χ0) is 15.1. The van der Waals surface area contributed by atoms with Crippen LogP contribution in [0.2, 0.25) is 0 Å². The van der Waals surface area contributed by atoms with Crippen molar-refractivity contribution in [3.05, 3.63) is 70.1 Å². The highest BCUT2D eigenvalue weighted by Gasteiger charge is 2.21. The lowest BCUT2D eigenvalue weighted by Crippen LogP contribution is -2.05. The van der Waals surface area contributed by atoms with Gasteiger partial charge in [-0.3, -0.25) is 4.79 Å². The second-order valence-electron chi connectivity index (χ2n) is 4.34. The van der Waals surface area contributed by atoms with Crippen molar-refractivity contribution in [3.8, 4) is 0 Å². The molecular weight excluding hydrogens is 304 g/mol. The van der Waals surface area contributed by atoms with Crippen LogP contribution in [0.1, 0.15) is 15.2 Å². The van der Waals surface area contributed by atoms with Crippen LogP contribution in [-0.4, -0.2) is 5.78 Å². The fraction of sp³-hybridized carbons (Fsp3) is 0. The molecule has 0 N–H and O–H groups in total. The van der Waals surface area contributed by atoms with E-state index >= 15 is 0 Å². The summed E-state index contributed by atoms with van der Waals surface area (Å²) in [4.78, 5) is 12.3. The van der Waals surface area contributed by atoms with Crippen molar-refractivity contribution < 1.29 is 22.4 Å². The SMILES string of the molecule is O=C(c1cc2cc(F)ccc2s1)c1ccc(F)c(F)c1F. The molecule has 1 aromatic heterocycles. The molecule has 3 aromatic rings. The van der Waals surface area contributed by atoms with Crippen LogP contribution < -0.4 is 0 Å². The smallest absolute Gasteiger partial charge is 0.206 e. The van der Waals surface area contributed by atoms with Gasteiger partial charge in [-0.1, -0.05) is 0 Å². The molecule has 6 heteroatoms. The normalized spacial score (nSPS) is 11.0. The van der Waals surface area contributed by atoms with Crippen LogP contribution in [0, 0.1) is 23.3 Å². The molecule has 21 heavy (non-hydrogen) atoms. The number of thiophene rings is 1. The number of carbonyl (C=O) groups is 1. The summed E-state index contributed by atoms with van der Waals surface area (Å²) in [6, 6.07) is 6.95. The van der Waals surface area contributed by atoms with Crippen molar-refractivity contribution in [2.45, 2.75) is 0 Å². The number of hydrogen-bond donors (Lipinski definition) is 0. The zero-order valence-electron chi connectivity index (χ0n) is 10.3. The molecule has 0 bridgehead atoms. The highest BCUT2D eigenvalue weighted by atomic mass is 32.1. The standard InChI is InChI=1S/C15H6F4OS/c16-8-1-4-11-7(5-8)6-12(21-11)15(20)9-2-3-10(17)14(19)13(9)18/h1-6H. The fourth-order valence-electron chi connectivity index (χ4n) is 1.96. The molecule has 106 valence electrons. The molecule has 0 spiro atoms. The summed E-state index contributed by atoms with van der Waals surface area (Å²) in [5.41, 5.74) is -0.555. The number of carbonyl (C=O) groups excluding carboxylic acids is 1. The Balaban J connectivity index is 2.10. The Bertz CT molecular complexity index is 869. The largest absolute Gasteiger partial charge is 0.288 e. The fourth-order valence-corrected chi connectivity index (χ4v) is 2.96. The molecular formula is C15H6F4OS. The van der Waals surface area contributed by atoms with E-state index in [1.165, 1.54) is 24.3 Å². The maximum atomic E-state index is 13.6. The Morgan fingerprint density at radius 3 is 2.43 bits per heavy atom. The Morgan fingerprint density at radius 2 is 1.67 bits per heavy atom. The predicted octanol–water partition coefficient (Wildman–Crippen LogP) is 4.69. The summed E-state index contributed by atoms with van der Waals surface area (Å²) in [5, 5.41) is 0.492. The van der Waals surface area contributed by atoms with Crippen molar-refractivity contribution in [3.63, 3.8) is 0 Å². The van der Waals surface area contributed by atoms with Gasteiger partial charge in [0, 0.05) is 4.70 Å². The van der Waals surface area contributed by atoms with Crippen molar-refractivity contribution in [1.29, 1.82) is 0 Å². The van der Waals surface area contributed by atoms with E-state index in [1.807, 2.05) is 0 Å². The molecule has 0 aliphatic carbocycles. The summed E-state index contributed by atoms with van der Waals surface area (Å²) in [6.07, 6.45) is 0. The van der Waals surface area contributed by atoms with Crippen LogP contribution in [0.15, 0.2) is 36.4 Å². The highest BCUT2D eigenvalue weighted by molar-refractivity contribution is 7.21. The second-order valence-corrected chi connectivity index (χ2v) is 5.43. The van der Waals surface area contributed by atoms with Gasteiger partial charge in [-0.05, 0) is 41.8 Å². The molecule has 2 aromatic carbocycles. The van der Waals surface area contributed by atoms with Crippen molar-refractivity contribution in [2.75, 3.05) is 0 Å². The summed E-state index contributed by atoms with van der Waals surface area (Å²) in [7, 11) is 0. The predicted molar refractivity (Wildman–Crippen MR) is 71.5 cm³/mol. The molecule has 0 unspecified atom stereocenters. The van der Waals surface area contributed by atoms with E-state index in [1.54, 1.807) is 0 Å². The first-order valence-electron chi connectivity index (χ1n) is 5.84. The topological polar surface area (TPSA) is 17.1 Å². The van der Waals surface area contributed by atoms with Crippen LogP contribution in [-0.2, 0) is 0 Å². The molecule has 1 heterocycles. The van der Waals surface area contributed by atoms with E-state index in [9.17, 15) is 22.4 Å². The molecule has 0 atom stereocenters. The summed E-state index contributed by atoms with van der Waals surface area (Å²) >= 11 is 1.03. The number of benzene rings is 2. The summed E-state index contributed by atoms with van der Waals surface area (Å²) in [6.45, 7) is 0. The third-order valence-corrected chi connectivity index (χ3v) is 4.10. The quantitative estimate of drug-likeness (QED) is 0.381. The van der Waals surface area contributed by atoms with Gasteiger partial charge in [0.05, 0.1) is 10.4 Å². The highest BCUT2D eigenvalue weighted by Crippen LogP contribution is 2.29. The molecule has 0 fully saturated rings. The molecule has 0 aliphatic heterocycles. The Kier molecular flexibility index (Phi) is 3.25. The van der Waals surface area contributed by atoms with Crippen molar-refractivity contribution in [1.82, 2.24) is 0 Å². The Hall–Kier alpha value is -2.21. The van der Waals surface area contributed by atoms with Gasteiger partial charge in [0.1, 0.15) is 5.82 Å². The van der Waals surface area contributed by atoms with Gasteiger partial charge in [-0.25, -0.2) is 17.6 Å². The van der Waals surface area contributed by atoms with E-state index in [2.05, 4.69) is 0 Å². The van der Waals surface area contributed by atoms with Crippen LogP contribution >= 0.6 is 11.3 Å².